The van der Waals surface area contributed by atoms with E-state index in [1.54, 1.807) is 10.8 Å². The second kappa shape index (κ2) is 9.60. The molecule has 3 aromatic rings. The van der Waals surface area contributed by atoms with Crippen molar-refractivity contribution in [3.05, 3.63) is 136 Å². The van der Waals surface area contributed by atoms with Crippen LogP contribution in [-0.2, 0) is 6.42 Å². The summed E-state index contributed by atoms with van der Waals surface area (Å²) in [6.45, 7) is 2.62. The number of allylic oxidation sites excluding steroid dienone is 8. The number of aryl methyl sites for hydroxylation is 1. The third-order valence-electron chi connectivity index (χ3n) is 10.8. The van der Waals surface area contributed by atoms with Gasteiger partial charge in [0.1, 0.15) is 11.5 Å². The first-order valence-corrected chi connectivity index (χ1v) is 18.5. The van der Waals surface area contributed by atoms with Crippen LogP contribution in [0.4, 0.5) is 5.69 Å². The molecule has 0 bridgehead atoms. The Hall–Kier alpha value is -3.82. The quantitative estimate of drug-likeness (QED) is 0.294. The van der Waals surface area contributed by atoms with Crippen LogP contribution in [0.1, 0.15) is 61.1 Å². The molecule has 2 heterocycles. The predicted molar refractivity (Wildman–Crippen MR) is 178 cm³/mol. The molecule has 3 aromatic carbocycles. The minimum absolute atomic E-state index is 0.316. The molecule has 0 N–H and O–H groups in total. The highest BCUT2D eigenvalue weighted by atomic mass is 28.3. The highest BCUT2D eigenvalue weighted by Crippen LogP contribution is 2.58. The van der Waals surface area contributed by atoms with Gasteiger partial charge in [-0.1, -0.05) is 90.7 Å². The molecule has 0 aromatic heterocycles. The molecule has 4 atom stereocenters. The maximum Gasteiger partial charge on any atom is 0.130 e. The van der Waals surface area contributed by atoms with Gasteiger partial charge in [0.15, 0.2) is 0 Å². The summed E-state index contributed by atoms with van der Waals surface area (Å²) in [7, 11) is -1.15. The van der Waals surface area contributed by atoms with Crippen molar-refractivity contribution in [2.45, 2.75) is 69.0 Å². The normalized spacial score (nSPS) is 26.8. The van der Waals surface area contributed by atoms with Crippen LogP contribution in [0.3, 0.4) is 0 Å². The van der Waals surface area contributed by atoms with Gasteiger partial charge in [-0.3, -0.25) is 0 Å². The van der Waals surface area contributed by atoms with Crippen LogP contribution < -0.4 is 9.64 Å². The van der Waals surface area contributed by atoms with E-state index >= 15 is 0 Å². The van der Waals surface area contributed by atoms with Crippen LogP contribution in [0.15, 0.2) is 119 Å². The van der Waals surface area contributed by atoms with Gasteiger partial charge < -0.3 is 9.64 Å². The highest BCUT2D eigenvalue weighted by molar-refractivity contribution is 6.69. The molecule has 0 saturated carbocycles. The lowest BCUT2D eigenvalue weighted by molar-refractivity contribution is 0.396. The fourth-order valence-electron chi connectivity index (χ4n) is 8.82. The Bertz CT molecular complexity index is 1830. The zero-order valence-electron chi connectivity index (χ0n) is 24.4. The van der Waals surface area contributed by atoms with Crippen LogP contribution in [0.25, 0.3) is 16.8 Å². The fourth-order valence-corrected chi connectivity index (χ4v) is 12.2. The summed E-state index contributed by atoms with van der Waals surface area (Å²) < 4.78 is 6.66. The number of fused-ring (bicyclic) bond motifs is 8. The summed E-state index contributed by atoms with van der Waals surface area (Å²) in [6, 6.07) is 20.7. The van der Waals surface area contributed by atoms with Gasteiger partial charge in [0.2, 0.25) is 0 Å². The number of benzene rings is 3. The first kappa shape index (κ1) is 24.7. The lowest BCUT2D eigenvalue weighted by atomic mass is 9.81. The Morgan fingerprint density at radius 2 is 1.74 bits per heavy atom. The minimum Gasteiger partial charge on any atom is -0.460 e. The number of ether oxygens (including phenoxy) is 1. The molecule has 0 spiro atoms. The van der Waals surface area contributed by atoms with Crippen LogP contribution in [-0.4, -0.2) is 14.8 Å². The van der Waals surface area contributed by atoms with Gasteiger partial charge in [-0.15, -0.1) is 0 Å². The summed E-state index contributed by atoms with van der Waals surface area (Å²) in [5, 5.41) is 4.52. The van der Waals surface area contributed by atoms with E-state index in [0.717, 1.165) is 37.9 Å². The Morgan fingerprint density at radius 3 is 2.64 bits per heavy atom. The molecule has 6 aliphatic rings. The van der Waals surface area contributed by atoms with E-state index in [0.29, 0.717) is 17.5 Å². The molecular formula is C39H37NOSi. The zero-order valence-corrected chi connectivity index (χ0v) is 25.5. The van der Waals surface area contributed by atoms with E-state index < -0.39 is 8.80 Å². The van der Waals surface area contributed by atoms with Crippen molar-refractivity contribution in [2.24, 2.45) is 0 Å². The smallest absolute Gasteiger partial charge is 0.130 e. The van der Waals surface area contributed by atoms with Crippen LogP contribution in [0.2, 0.25) is 12.1 Å². The number of anilines is 1. The van der Waals surface area contributed by atoms with E-state index in [-0.39, 0.29) is 0 Å². The maximum atomic E-state index is 6.66. The maximum absolute atomic E-state index is 6.66. The molecule has 4 aliphatic carbocycles. The first-order valence-electron chi connectivity index (χ1n) is 16.1. The first-order chi connectivity index (χ1) is 20.8. The monoisotopic (exact) mass is 563 g/mol. The van der Waals surface area contributed by atoms with Crippen molar-refractivity contribution in [2.75, 3.05) is 4.90 Å². The molecule has 208 valence electrons. The Kier molecular flexibility index (Phi) is 5.66. The standard InChI is InChI=1S/C39H37NOSi/c1-42-36-22-21-32-31-17-9-10-18-35(31)41-39(32)38(36)33-20-19-27(24-37(33)42)40(26-12-3-2-4-13-26)34-23-25-11-5-6-14-28(25)29-15-7-8-16-30(29)34/h3,6-10,12-20,23,27,32,36,42H,2,4-5,11,21-22,24H2,1H3. The Balaban J connectivity index is 1.16. The molecule has 42 heavy (non-hydrogen) atoms. The molecule has 2 nitrogen and oxygen atoms in total. The second-order valence-electron chi connectivity index (χ2n) is 12.9. The lowest BCUT2D eigenvalue weighted by Gasteiger charge is -2.37. The fraction of sp³-hybridized carbons (Fsp3) is 0.282. The van der Waals surface area contributed by atoms with Gasteiger partial charge in [0.25, 0.3) is 0 Å². The Morgan fingerprint density at radius 1 is 0.881 bits per heavy atom. The number of hydrogen-bond acceptors (Lipinski definition) is 2. The SMILES string of the molecule is C[SiH]1C2=C(C=CC(N(C3=CCCC=C3)c3cc4c(c5ccccc35)C=CCC4)C2)C2=C3Oc4ccccc4C3CCC21. The molecule has 0 saturated heterocycles. The topological polar surface area (TPSA) is 12.5 Å². The molecule has 0 fully saturated rings. The van der Waals surface area contributed by atoms with Gasteiger partial charge in [-0.2, -0.15) is 0 Å². The van der Waals surface area contributed by atoms with Crippen LogP contribution in [0, 0.1) is 0 Å². The Labute approximate surface area is 250 Å². The van der Waals surface area contributed by atoms with Gasteiger partial charge >= 0.3 is 0 Å². The average Bonchev–Trinajstić information content (AvgIpc) is 3.57. The summed E-state index contributed by atoms with van der Waals surface area (Å²) in [6.07, 6.45) is 25.1. The largest absolute Gasteiger partial charge is 0.460 e. The highest BCUT2D eigenvalue weighted by Gasteiger charge is 2.47. The minimum atomic E-state index is -1.15. The van der Waals surface area contributed by atoms with Gasteiger partial charge in [0, 0.05) is 28.3 Å². The third kappa shape index (κ3) is 3.62. The van der Waals surface area contributed by atoms with E-state index in [2.05, 4.69) is 109 Å². The molecule has 0 amide bonds. The van der Waals surface area contributed by atoms with E-state index in [1.165, 1.54) is 63.0 Å². The molecule has 2 aliphatic heterocycles. The van der Waals surface area contributed by atoms with Crippen LogP contribution in [0.5, 0.6) is 5.75 Å². The van der Waals surface area contributed by atoms with Gasteiger partial charge in [-0.25, -0.2) is 0 Å². The zero-order chi connectivity index (χ0) is 27.8. The molecule has 9 rings (SSSR count). The van der Waals surface area contributed by atoms with Gasteiger partial charge in [0.05, 0.1) is 14.8 Å². The molecule has 4 unspecified atom stereocenters. The van der Waals surface area contributed by atoms with E-state index in [4.69, 9.17) is 4.74 Å². The number of hydrogen-bond donors (Lipinski definition) is 0. The lowest BCUT2D eigenvalue weighted by Crippen LogP contribution is -2.36. The van der Waals surface area contributed by atoms with Crippen molar-refractivity contribution in [1.82, 2.24) is 0 Å². The number of para-hydroxylation sites is 1. The van der Waals surface area contributed by atoms with Crippen molar-refractivity contribution >= 4 is 31.3 Å². The van der Waals surface area contributed by atoms with Crippen molar-refractivity contribution in [1.29, 1.82) is 0 Å². The molecular weight excluding hydrogens is 527 g/mol. The summed E-state index contributed by atoms with van der Waals surface area (Å²) in [4.78, 5) is 2.70. The summed E-state index contributed by atoms with van der Waals surface area (Å²) >= 11 is 0. The van der Waals surface area contributed by atoms with E-state index in [1.807, 2.05) is 0 Å². The number of nitrogens with zero attached hydrogens (tertiary/aromatic N) is 1. The third-order valence-corrected chi connectivity index (χ3v) is 14.3. The molecule has 3 heteroatoms. The van der Waals surface area contributed by atoms with Crippen molar-refractivity contribution in [3.63, 3.8) is 0 Å². The van der Waals surface area contributed by atoms with E-state index in [9.17, 15) is 0 Å². The summed E-state index contributed by atoms with van der Waals surface area (Å²) in [5.41, 5.74) is 10.8. The molecule has 0 radical (unpaired) electrons. The van der Waals surface area contributed by atoms with Crippen LogP contribution >= 0.6 is 0 Å². The average molecular weight is 564 g/mol. The van der Waals surface area contributed by atoms with Gasteiger partial charge in [-0.05, 0) is 96.4 Å². The number of rotatable bonds is 3. The van der Waals surface area contributed by atoms with Crippen molar-refractivity contribution < 1.29 is 4.74 Å². The predicted octanol–water partition coefficient (Wildman–Crippen LogP) is 9.47. The summed E-state index contributed by atoms with van der Waals surface area (Å²) in [5.74, 6) is 2.81. The second-order valence-corrected chi connectivity index (χ2v) is 16.0. The van der Waals surface area contributed by atoms with Crippen molar-refractivity contribution in [3.8, 4) is 5.75 Å².